The van der Waals surface area contributed by atoms with Crippen LogP contribution < -0.4 is 26.4 Å². The van der Waals surface area contributed by atoms with E-state index in [2.05, 4.69) is 39.8 Å². The summed E-state index contributed by atoms with van der Waals surface area (Å²) >= 11 is 0. The predicted octanol–water partition coefficient (Wildman–Crippen LogP) is 3.90. The first-order valence-corrected chi connectivity index (χ1v) is 12.0. The number of amides is 1. The van der Waals surface area contributed by atoms with Gasteiger partial charge in [-0.3, -0.25) is 9.59 Å². The van der Waals surface area contributed by atoms with Crippen molar-refractivity contribution in [3.8, 4) is 5.69 Å². The quantitative estimate of drug-likeness (QED) is 0.438. The summed E-state index contributed by atoms with van der Waals surface area (Å²) in [7, 11) is 1.87. The molecule has 1 saturated heterocycles. The summed E-state index contributed by atoms with van der Waals surface area (Å²) in [5, 5.41) is 13.6. The van der Waals surface area contributed by atoms with Crippen LogP contribution in [0.5, 0.6) is 0 Å². The fourth-order valence-corrected chi connectivity index (χ4v) is 4.41. The first-order valence-electron chi connectivity index (χ1n) is 12.0. The third kappa shape index (κ3) is 5.23. The number of rotatable bonds is 8. The van der Waals surface area contributed by atoms with Crippen LogP contribution in [0.15, 0.2) is 47.3 Å². The zero-order valence-corrected chi connectivity index (χ0v) is 20.6. The van der Waals surface area contributed by atoms with E-state index in [1.165, 1.54) is 12.1 Å². The summed E-state index contributed by atoms with van der Waals surface area (Å²) in [4.78, 5) is 27.8. The van der Waals surface area contributed by atoms with E-state index in [0.29, 0.717) is 16.9 Å². The van der Waals surface area contributed by atoms with E-state index in [4.69, 9.17) is 0 Å². The zero-order chi connectivity index (χ0) is 25.8. The smallest absolute Gasteiger partial charge is 0.276 e. The van der Waals surface area contributed by atoms with E-state index in [0.717, 1.165) is 61.1 Å². The minimum atomic E-state index is -0.955. The highest BCUT2D eigenvalue weighted by atomic mass is 19.1. The topological polar surface area (TPSA) is 91.3 Å². The number of para-hydroxylation sites is 1. The van der Waals surface area contributed by atoms with Gasteiger partial charge in [-0.1, -0.05) is 6.07 Å². The van der Waals surface area contributed by atoms with Gasteiger partial charge in [0.15, 0.2) is 11.6 Å². The lowest BCUT2D eigenvalue weighted by Gasteiger charge is -2.28. The molecule has 190 valence electrons. The van der Waals surface area contributed by atoms with Crippen LogP contribution in [-0.2, 0) is 6.54 Å². The standard InChI is InChI=1S/C26H30F2N6O2/c1-16(2)30-20-9-10-21(24(17(20)15-29-3)33-13-4-5-14-33)31-26(36)22-11-12-23(35)34(32-22)25-18(27)7-6-8-19(25)28/h6-12,16,29-30H,4-5,13-15H2,1-3H3,(H,31,36). The molecule has 1 aliphatic rings. The fraction of sp³-hybridized carbons (Fsp3) is 0.346. The molecule has 3 aromatic rings. The van der Waals surface area contributed by atoms with Crippen molar-refractivity contribution in [2.45, 2.75) is 39.3 Å². The van der Waals surface area contributed by atoms with Crippen molar-refractivity contribution in [2.24, 2.45) is 0 Å². The van der Waals surface area contributed by atoms with Crippen LogP contribution in [-0.4, -0.2) is 41.9 Å². The van der Waals surface area contributed by atoms with Crippen molar-refractivity contribution in [2.75, 3.05) is 35.7 Å². The molecule has 0 spiro atoms. The molecule has 0 radical (unpaired) electrons. The summed E-state index contributed by atoms with van der Waals surface area (Å²) < 4.78 is 29.2. The molecule has 4 rings (SSSR count). The van der Waals surface area contributed by atoms with Crippen LogP contribution in [0.4, 0.5) is 25.8 Å². The van der Waals surface area contributed by atoms with Crippen LogP contribution in [0.1, 0.15) is 42.7 Å². The summed E-state index contributed by atoms with van der Waals surface area (Å²) in [6, 6.07) is 9.53. The summed E-state index contributed by atoms with van der Waals surface area (Å²) in [5.74, 6) is -2.51. The molecule has 0 aliphatic carbocycles. The predicted molar refractivity (Wildman–Crippen MR) is 137 cm³/mol. The lowest BCUT2D eigenvalue weighted by molar-refractivity contribution is 0.102. The van der Waals surface area contributed by atoms with Gasteiger partial charge in [0.05, 0.1) is 11.4 Å². The average molecular weight is 497 g/mol. The Balaban J connectivity index is 1.74. The minimum absolute atomic E-state index is 0.149. The van der Waals surface area contributed by atoms with Gasteiger partial charge in [0.25, 0.3) is 11.5 Å². The van der Waals surface area contributed by atoms with E-state index >= 15 is 0 Å². The third-order valence-electron chi connectivity index (χ3n) is 5.93. The summed E-state index contributed by atoms with van der Waals surface area (Å²) in [6.07, 6.45) is 2.10. The van der Waals surface area contributed by atoms with E-state index in [1.54, 1.807) is 0 Å². The van der Waals surface area contributed by atoms with Crippen LogP contribution >= 0.6 is 0 Å². The van der Waals surface area contributed by atoms with Crippen LogP contribution in [0.3, 0.4) is 0 Å². The van der Waals surface area contributed by atoms with Gasteiger partial charge < -0.3 is 20.9 Å². The van der Waals surface area contributed by atoms with Crippen molar-refractivity contribution in [3.05, 3.63) is 75.7 Å². The molecule has 0 saturated carbocycles. The molecule has 10 heteroatoms. The maximum Gasteiger partial charge on any atom is 0.276 e. The molecule has 0 bridgehead atoms. The molecular formula is C26H30F2N6O2. The number of carbonyl (C=O) groups excluding carboxylic acids is 1. The van der Waals surface area contributed by atoms with E-state index in [9.17, 15) is 18.4 Å². The number of halogens is 2. The Hall–Kier alpha value is -3.79. The molecule has 1 fully saturated rings. The normalized spacial score (nSPS) is 13.3. The van der Waals surface area contributed by atoms with Crippen LogP contribution in [0.25, 0.3) is 5.69 Å². The van der Waals surface area contributed by atoms with E-state index in [-0.39, 0.29) is 11.7 Å². The molecule has 36 heavy (non-hydrogen) atoms. The minimum Gasteiger partial charge on any atom is -0.383 e. The largest absolute Gasteiger partial charge is 0.383 e. The molecule has 2 aromatic carbocycles. The second kappa shape index (κ2) is 10.9. The maximum absolute atomic E-state index is 14.3. The lowest BCUT2D eigenvalue weighted by Crippen LogP contribution is -2.28. The number of nitrogens with zero attached hydrogens (tertiary/aromatic N) is 3. The highest BCUT2D eigenvalue weighted by Gasteiger charge is 2.24. The zero-order valence-electron chi connectivity index (χ0n) is 20.6. The van der Waals surface area contributed by atoms with Crippen LogP contribution in [0, 0.1) is 11.6 Å². The van der Waals surface area contributed by atoms with Crippen molar-refractivity contribution in [3.63, 3.8) is 0 Å². The number of hydrogen-bond acceptors (Lipinski definition) is 6. The summed E-state index contributed by atoms with van der Waals surface area (Å²) in [6.45, 7) is 6.43. The van der Waals surface area contributed by atoms with Gasteiger partial charge in [-0.15, -0.1) is 0 Å². The molecular weight excluding hydrogens is 466 g/mol. The molecule has 1 amide bonds. The fourth-order valence-electron chi connectivity index (χ4n) is 4.41. The van der Waals surface area contributed by atoms with E-state index < -0.39 is 28.8 Å². The highest BCUT2D eigenvalue weighted by molar-refractivity contribution is 6.05. The van der Waals surface area contributed by atoms with Gasteiger partial charge in [-0.05, 0) is 64.1 Å². The molecule has 1 aliphatic heterocycles. The Morgan fingerprint density at radius 1 is 1.00 bits per heavy atom. The number of aromatic nitrogens is 2. The Labute approximate surface area is 208 Å². The van der Waals surface area contributed by atoms with Crippen molar-refractivity contribution in [1.29, 1.82) is 0 Å². The molecule has 1 aromatic heterocycles. The Morgan fingerprint density at radius 2 is 1.67 bits per heavy atom. The molecule has 0 unspecified atom stereocenters. The number of benzene rings is 2. The molecule has 3 N–H and O–H groups in total. The van der Waals surface area contributed by atoms with Crippen molar-refractivity contribution in [1.82, 2.24) is 15.1 Å². The summed E-state index contributed by atoms with van der Waals surface area (Å²) in [5.41, 5.74) is 1.97. The molecule has 0 atom stereocenters. The third-order valence-corrected chi connectivity index (χ3v) is 5.93. The Kier molecular flexibility index (Phi) is 7.64. The van der Waals surface area contributed by atoms with Crippen molar-refractivity contribution >= 4 is 23.0 Å². The monoisotopic (exact) mass is 496 g/mol. The first kappa shape index (κ1) is 25.3. The number of hydrogen-bond donors (Lipinski definition) is 3. The Bertz CT molecular complexity index is 1300. The maximum atomic E-state index is 14.3. The average Bonchev–Trinajstić information content (AvgIpc) is 3.36. The van der Waals surface area contributed by atoms with Gasteiger partial charge in [0.1, 0.15) is 11.4 Å². The Morgan fingerprint density at radius 3 is 2.31 bits per heavy atom. The highest BCUT2D eigenvalue weighted by Crippen LogP contribution is 2.38. The second-order valence-electron chi connectivity index (χ2n) is 9.00. The van der Waals surface area contributed by atoms with Gasteiger partial charge >= 0.3 is 0 Å². The second-order valence-corrected chi connectivity index (χ2v) is 9.00. The van der Waals surface area contributed by atoms with Gasteiger partial charge in [0, 0.05) is 43.0 Å². The number of anilines is 3. The number of nitrogens with one attached hydrogen (secondary N) is 3. The van der Waals surface area contributed by atoms with Crippen LogP contribution in [0.2, 0.25) is 0 Å². The van der Waals surface area contributed by atoms with Gasteiger partial charge in [-0.25, -0.2) is 8.78 Å². The first-order chi connectivity index (χ1) is 17.3. The lowest BCUT2D eigenvalue weighted by atomic mass is 10.1. The SMILES string of the molecule is CNCc1c(NC(C)C)ccc(NC(=O)c2ccc(=O)n(-c3c(F)cccc3F)n2)c1N1CCCC1. The van der Waals surface area contributed by atoms with Crippen molar-refractivity contribution < 1.29 is 13.6 Å². The molecule has 8 nitrogen and oxygen atoms in total. The van der Waals surface area contributed by atoms with Gasteiger partial charge in [0.2, 0.25) is 0 Å². The van der Waals surface area contributed by atoms with Gasteiger partial charge in [-0.2, -0.15) is 9.78 Å². The molecule has 2 heterocycles. The van der Waals surface area contributed by atoms with E-state index in [1.807, 2.05) is 19.2 Å². The number of carbonyl (C=O) groups is 1.